The quantitative estimate of drug-likeness (QED) is 0.666. The number of hydrogen-bond donors (Lipinski definition) is 0. The Kier molecular flexibility index (Phi) is 4.75. The van der Waals surface area contributed by atoms with Crippen LogP contribution in [0.2, 0.25) is 5.02 Å². The standard InChI is InChI=1S/C21H18ClFN2O2/c1-24-20-9-8-17(11-19(20)22)27-16-6-4-15(5-7-16)25-12-13-2-3-14(23)10-18(13)21(25)26/h2-3,8-11,15-16H,4-7,12H2. The van der Waals surface area contributed by atoms with Gasteiger partial charge in [0, 0.05) is 18.2 Å². The summed E-state index contributed by atoms with van der Waals surface area (Å²) in [7, 11) is 0. The van der Waals surface area contributed by atoms with Crippen LogP contribution in [-0.4, -0.2) is 23.0 Å². The Morgan fingerprint density at radius 2 is 1.93 bits per heavy atom. The van der Waals surface area contributed by atoms with Crippen molar-refractivity contribution in [2.24, 2.45) is 0 Å². The van der Waals surface area contributed by atoms with Gasteiger partial charge in [0.2, 0.25) is 5.69 Å². The highest BCUT2D eigenvalue weighted by Crippen LogP contribution is 2.34. The number of nitrogens with zero attached hydrogens (tertiary/aromatic N) is 2. The van der Waals surface area contributed by atoms with Crippen LogP contribution in [-0.2, 0) is 6.54 Å². The maximum absolute atomic E-state index is 13.4. The summed E-state index contributed by atoms with van der Waals surface area (Å²) in [5, 5.41) is 0.392. The largest absolute Gasteiger partial charge is 0.490 e. The summed E-state index contributed by atoms with van der Waals surface area (Å²) < 4.78 is 19.4. The predicted octanol–water partition coefficient (Wildman–Crippen LogP) is 5.38. The lowest BCUT2D eigenvalue weighted by Gasteiger charge is -2.34. The van der Waals surface area contributed by atoms with Crippen molar-refractivity contribution >= 4 is 23.2 Å². The van der Waals surface area contributed by atoms with Crippen LogP contribution in [0.4, 0.5) is 10.1 Å². The van der Waals surface area contributed by atoms with Gasteiger partial charge in [-0.2, -0.15) is 0 Å². The molecule has 0 bridgehead atoms. The average Bonchev–Trinajstić information content (AvgIpc) is 2.99. The molecular weight excluding hydrogens is 367 g/mol. The zero-order valence-electron chi connectivity index (χ0n) is 14.6. The molecule has 1 fully saturated rings. The third-order valence-electron chi connectivity index (χ3n) is 5.33. The normalized spacial score (nSPS) is 21.7. The maximum atomic E-state index is 13.4. The fourth-order valence-electron chi connectivity index (χ4n) is 3.91. The van der Waals surface area contributed by atoms with Crippen molar-refractivity contribution in [2.75, 3.05) is 0 Å². The molecule has 0 N–H and O–H groups in total. The number of halogens is 2. The summed E-state index contributed by atoms with van der Waals surface area (Å²) in [5.41, 5.74) is 1.80. The topological polar surface area (TPSA) is 33.9 Å². The molecule has 1 saturated carbocycles. The van der Waals surface area contributed by atoms with Crippen LogP contribution in [0.5, 0.6) is 5.75 Å². The SMILES string of the molecule is [C-]#[N+]c1ccc(OC2CCC(N3Cc4ccc(F)cc4C3=O)CC2)cc1Cl. The second kappa shape index (κ2) is 7.21. The Bertz CT molecular complexity index is 932. The van der Waals surface area contributed by atoms with E-state index in [-0.39, 0.29) is 23.9 Å². The van der Waals surface area contributed by atoms with Gasteiger partial charge in [0.1, 0.15) is 11.6 Å². The lowest BCUT2D eigenvalue weighted by molar-refractivity contribution is 0.0561. The molecular formula is C21H18ClFN2O2. The van der Waals surface area contributed by atoms with Gasteiger partial charge in [-0.15, -0.1) is 0 Å². The number of amides is 1. The molecule has 2 aliphatic rings. The van der Waals surface area contributed by atoms with Gasteiger partial charge in [0.05, 0.1) is 17.7 Å². The van der Waals surface area contributed by atoms with Crippen LogP contribution in [0.15, 0.2) is 36.4 Å². The van der Waals surface area contributed by atoms with Crippen LogP contribution < -0.4 is 4.74 Å². The highest BCUT2D eigenvalue weighted by atomic mass is 35.5. The van der Waals surface area contributed by atoms with Gasteiger partial charge >= 0.3 is 0 Å². The van der Waals surface area contributed by atoms with Gasteiger partial charge in [-0.3, -0.25) is 4.79 Å². The first-order valence-corrected chi connectivity index (χ1v) is 9.36. The number of carbonyl (C=O) groups is 1. The van der Waals surface area contributed by atoms with Crippen molar-refractivity contribution in [1.82, 2.24) is 4.90 Å². The zero-order chi connectivity index (χ0) is 19.0. The molecule has 138 valence electrons. The van der Waals surface area contributed by atoms with Gasteiger partial charge in [0.25, 0.3) is 5.91 Å². The minimum absolute atomic E-state index is 0.0635. The minimum Gasteiger partial charge on any atom is -0.490 e. The van der Waals surface area contributed by atoms with E-state index in [1.807, 2.05) is 4.90 Å². The van der Waals surface area contributed by atoms with Gasteiger partial charge in [-0.25, -0.2) is 9.24 Å². The lowest BCUT2D eigenvalue weighted by Crippen LogP contribution is -2.40. The van der Waals surface area contributed by atoms with E-state index >= 15 is 0 Å². The third kappa shape index (κ3) is 3.50. The van der Waals surface area contributed by atoms with E-state index in [1.54, 1.807) is 24.3 Å². The maximum Gasteiger partial charge on any atom is 0.254 e. The van der Waals surface area contributed by atoms with Crippen LogP contribution in [0.3, 0.4) is 0 Å². The first-order valence-electron chi connectivity index (χ1n) is 8.98. The number of ether oxygens (including phenoxy) is 1. The third-order valence-corrected chi connectivity index (χ3v) is 5.63. The van der Waals surface area contributed by atoms with Crippen molar-refractivity contribution in [3.63, 3.8) is 0 Å². The second-order valence-corrected chi connectivity index (χ2v) is 7.42. The molecule has 4 nitrogen and oxygen atoms in total. The summed E-state index contributed by atoms with van der Waals surface area (Å²) >= 11 is 6.06. The van der Waals surface area contributed by atoms with Crippen LogP contribution in [0.1, 0.15) is 41.6 Å². The summed E-state index contributed by atoms with van der Waals surface area (Å²) in [5.74, 6) is 0.218. The summed E-state index contributed by atoms with van der Waals surface area (Å²) in [6, 6.07) is 9.70. The Morgan fingerprint density at radius 1 is 1.15 bits per heavy atom. The number of benzene rings is 2. The van der Waals surface area contributed by atoms with E-state index in [0.717, 1.165) is 31.2 Å². The Labute approximate surface area is 162 Å². The van der Waals surface area contributed by atoms with Crippen molar-refractivity contribution in [3.05, 3.63) is 69.8 Å². The fraction of sp³-hybridized carbons (Fsp3) is 0.333. The van der Waals surface area contributed by atoms with E-state index in [0.29, 0.717) is 28.6 Å². The molecule has 0 spiro atoms. The Hall–Kier alpha value is -2.58. The van der Waals surface area contributed by atoms with E-state index in [9.17, 15) is 9.18 Å². The van der Waals surface area contributed by atoms with Gasteiger partial charge in [-0.1, -0.05) is 23.7 Å². The van der Waals surface area contributed by atoms with Crippen LogP contribution in [0.25, 0.3) is 4.85 Å². The zero-order valence-corrected chi connectivity index (χ0v) is 15.4. The molecule has 6 heteroatoms. The van der Waals surface area contributed by atoms with Crippen LogP contribution in [0, 0.1) is 12.4 Å². The summed E-state index contributed by atoms with van der Waals surface area (Å²) in [4.78, 5) is 17.8. The van der Waals surface area contributed by atoms with Crippen molar-refractivity contribution < 1.29 is 13.9 Å². The fourth-order valence-corrected chi connectivity index (χ4v) is 4.12. The molecule has 0 radical (unpaired) electrons. The van der Waals surface area contributed by atoms with Crippen molar-refractivity contribution in [1.29, 1.82) is 0 Å². The van der Waals surface area contributed by atoms with Crippen molar-refractivity contribution in [3.8, 4) is 5.75 Å². The van der Waals surface area contributed by atoms with Gasteiger partial charge in [0.15, 0.2) is 0 Å². The summed E-state index contributed by atoms with van der Waals surface area (Å²) in [6.07, 6.45) is 3.43. The molecule has 0 saturated heterocycles. The molecule has 0 unspecified atom stereocenters. The van der Waals surface area contributed by atoms with E-state index in [2.05, 4.69) is 4.85 Å². The highest BCUT2D eigenvalue weighted by Gasteiger charge is 2.35. The van der Waals surface area contributed by atoms with Crippen molar-refractivity contribution in [2.45, 2.75) is 44.4 Å². The van der Waals surface area contributed by atoms with E-state index in [1.165, 1.54) is 12.1 Å². The first-order chi connectivity index (χ1) is 13.0. The highest BCUT2D eigenvalue weighted by molar-refractivity contribution is 6.33. The first kappa shape index (κ1) is 17.8. The Morgan fingerprint density at radius 3 is 2.63 bits per heavy atom. The van der Waals surface area contributed by atoms with E-state index < -0.39 is 0 Å². The number of hydrogen-bond acceptors (Lipinski definition) is 2. The number of rotatable bonds is 3. The Balaban J connectivity index is 1.36. The van der Waals surface area contributed by atoms with Gasteiger partial charge in [-0.05, 0) is 55.5 Å². The molecule has 1 heterocycles. The van der Waals surface area contributed by atoms with Crippen LogP contribution >= 0.6 is 11.6 Å². The molecule has 27 heavy (non-hydrogen) atoms. The smallest absolute Gasteiger partial charge is 0.254 e. The molecule has 1 aliphatic carbocycles. The lowest BCUT2D eigenvalue weighted by atomic mass is 9.92. The number of fused-ring (bicyclic) bond motifs is 1. The predicted molar refractivity (Wildman–Crippen MR) is 101 cm³/mol. The molecule has 2 aromatic carbocycles. The monoisotopic (exact) mass is 384 g/mol. The minimum atomic E-state index is -0.371. The average molecular weight is 385 g/mol. The second-order valence-electron chi connectivity index (χ2n) is 7.01. The molecule has 4 rings (SSSR count). The summed E-state index contributed by atoms with van der Waals surface area (Å²) in [6.45, 7) is 7.59. The molecule has 1 amide bonds. The molecule has 2 aromatic rings. The van der Waals surface area contributed by atoms with E-state index in [4.69, 9.17) is 22.9 Å². The van der Waals surface area contributed by atoms with Gasteiger partial charge < -0.3 is 9.64 Å². The molecule has 0 atom stereocenters. The molecule has 0 aromatic heterocycles. The molecule has 1 aliphatic heterocycles. The number of carbonyl (C=O) groups excluding carboxylic acids is 1.